The molecule has 22 atom stereocenters. The first-order valence-electron chi connectivity index (χ1n) is 21.8. The van der Waals surface area contributed by atoms with E-state index in [1.807, 2.05) is 0 Å². The number of hydrogen-bond acceptors (Lipinski definition) is 19. The van der Waals surface area contributed by atoms with Crippen LogP contribution in [0.5, 0.6) is 0 Å². The van der Waals surface area contributed by atoms with Crippen LogP contribution < -0.4 is 0 Å². The van der Waals surface area contributed by atoms with Gasteiger partial charge in [-0.15, -0.1) is 0 Å². The molecule has 19 nitrogen and oxygen atoms in total. The number of aldehydes is 1. The molecule has 9 N–H and O–H groups in total. The molecule has 0 aromatic heterocycles. The van der Waals surface area contributed by atoms with Gasteiger partial charge >= 0.3 is 5.97 Å². The standard InChI is InChI=1S/C42H64O19/c1-19-36(61-38-35(51)33(49)31(47)27(60-38)17-56-37-34(50)32(48)30(46)26(15-43)59-37)25(54-3)13-29(57-19)58-21-4-9-40(18-44)23-5-8-39(2)22(20-12-28(45)55-16-20)7-11-42(39,53)24(23)6-10-41(40,52)14-21/h12,18-19,21-27,29-38,43,46-53H,4-11,13-17H2,1-3H3/t19-,21+,22+,23-,24+,25+,26-,27+,29-,30+,31+,32-,33-,34+,35+,36+,37-,38-,39+,40-,41-,42+/m1/s1. The van der Waals surface area contributed by atoms with E-state index in [1.165, 1.54) is 7.11 Å². The number of cyclic esters (lactones) is 1. The number of aliphatic hydroxyl groups excluding tert-OH is 7. The topological polar surface area (TPSA) is 290 Å². The van der Waals surface area contributed by atoms with E-state index in [0.29, 0.717) is 44.9 Å². The van der Waals surface area contributed by atoms with Gasteiger partial charge in [-0.1, -0.05) is 6.92 Å². The first-order chi connectivity index (χ1) is 28.9. The van der Waals surface area contributed by atoms with Crippen molar-refractivity contribution >= 4 is 12.3 Å². The Morgan fingerprint density at radius 2 is 1.51 bits per heavy atom. The van der Waals surface area contributed by atoms with E-state index < -0.39 is 127 Å². The van der Waals surface area contributed by atoms with Gasteiger partial charge in [0.2, 0.25) is 0 Å². The van der Waals surface area contributed by atoms with E-state index >= 15 is 0 Å². The second kappa shape index (κ2) is 17.2. The molecule has 4 saturated carbocycles. The van der Waals surface area contributed by atoms with Gasteiger partial charge in [-0.05, 0) is 81.6 Å². The Hall–Kier alpha value is -1.76. The predicted molar refractivity (Wildman–Crippen MR) is 203 cm³/mol. The van der Waals surface area contributed by atoms with Crippen molar-refractivity contribution in [3.63, 3.8) is 0 Å². The number of carbonyl (C=O) groups excluding carboxylic acids is 2. The van der Waals surface area contributed by atoms with Gasteiger partial charge in [0.1, 0.15) is 67.8 Å². The van der Waals surface area contributed by atoms with Crippen LogP contribution in [0, 0.1) is 28.6 Å². The smallest absolute Gasteiger partial charge is 0.331 e. The lowest BCUT2D eigenvalue weighted by molar-refractivity contribution is -0.355. The number of hydrogen-bond donors (Lipinski definition) is 9. The zero-order valence-electron chi connectivity index (χ0n) is 34.8. The minimum Gasteiger partial charge on any atom is -0.458 e. The molecule has 4 aliphatic carbocycles. The third kappa shape index (κ3) is 7.55. The van der Waals surface area contributed by atoms with E-state index in [2.05, 4.69) is 6.92 Å². The average Bonchev–Trinajstić information content (AvgIpc) is 3.79. The van der Waals surface area contributed by atoms with Crippen molar-refractivity contribution in [2.75, 3.05) is 26.9 Å². The molecule has 346 valence electrons. The Labute approximate surface area is 353 Å². The van der Waals surface area contributed by atoms with Crippen molar-refractivity contribution in [1.29, 1.82) is 0 Å². The summed E-state index contributed by atoms with van der Waals surface area (Å²) in [5, 5.41) is 97.4. The maximum atomic E-state index is 13.3. The number of fused-ring (bicyclic) bond motifs is 5. The monoisotopic (exact) mass is 872 g/mol. The van der Waals surface area contributed by atoms with Crippen molar-refractivity contribution in [3.8, 4) is 0 Å². The van der Waals surface area contributed by atoms with Gasteiger partial charge in [-0.3, -0.25) is 0 Å². The summed E-state index contributed by atoms with van der Waals surface area (Å²) >= 11 is 0. The van der Waals surface area contributed by atoms with E-state index in [0.717, 1.165) is 18.3 Å². The van der Waals surface area contributed by atoms with Crippen LogP contribution in [0.3, 0.4) is 0 Å². The normalized spacial score (nSPS) is 53.6. The van der Waals surface area contributed by atoms with E-state index in [-0.39, 0.29) is 43.2 Å². The number of methoxy groups -OCH3 is 1. The number of ether oxygens (including phenoxy) is 8. The molecule has 8 rings (SSSR count). The molecule has 8 aliphatic rings. The van der Waals surface area contributed by atoms with E-state index in [4.69, 9.17) is 37.9 Å². The largest absolute Gasteiger partial charge is 0.458 e. The van der Waals surface area contributed by atoms with Crippen molar-refractivity contribution in [2.45, 2.75) is 181 Å². The van der Waals surface area contributed by atoms with Crippen LogP contribution in [0.4, 0.5) is 0 Å². The fourth-order valence-corrected chi connectivity index (χ4v) is 12.9. The summed E-state index contributed by atoms with van der Waals surface area (Å²) in [6, 6.07) is 0. The van der Waals surface area contributed by atoms with Crippen molar-refractivity contribution in [3.05, 3.63) is 11.6 Å². The number of esters is 1. The molecular formula is C42H64O19. The van der Waals surface area contributed by atoms with Gasteiger partial charge in [-0.2, -0.15) is 0 Å². The lowest BCUT2D eigenvalue weighted by atomic mass is 9.41. The highest BCUT2D eigenvalue weighted by Gasteiger charge is 2.71. The summed E-state index contributed by atoms with van der Waals surface area (Å²) in [5.41, 5.74) is -3.06. The van der Waals surface area contributed by atoms with Gasteiger partial charge < -0.3 is 88.6 Å². The minimum absolute atomic E-state index is 0.00485. The second-order valence-corrected chi connectivity index (χ2v) is 19.2. The Balaban J connectivity index is 0.886. The van der Waals surface area contributed by atoms with Crippen LogP contribution in [0.25, 0.3) is 0 Å². The van der Waals surface area contributed by atoms with Gasteiger partial charge in [0.15, 0.2) is 18.9 Å². The first-order valence-corrected chi connectivity index (χ1v) is 21.8. The minimum atomic E-state index is -1.75. The molecular weight excluding hydrogens is 808 g/mol. The summed E-state index contributed by atoms with van der Waals surface area (Å²) in [5.74, 6) is -0.767. The number of rotatable bonds is 11. The number of aliphatic hydroxyl groups is 9. The van der Waals surface area contributed by atoms with E-state index in [9.17, 15) is 55.5 Å². The Morgan fingerprint density at radius 1 is 0.820 bits per heavy atom. The molecule has 19 heteroatoms. The van der Waals surface area contributed by atoms with Gasteiger partial charge in [-0.25, -0.2) is 4.79 Å². The second-order valence-electron chi connectivity index (χ2n) is 19.2. The molecule has 7 fully saturated rings. The SMILES string of the molecule is CO[C@H]1C[C@@H](O[C@H]2CC[C@@]3(C=O)[C@@H]4CC[C@@]5(C)[C@H](C6=CC(=O)OC6)CC[C@]5(O)[C@H]4CC[C@@]3(O)C2)O[C@H](C)[C@@H]1O[C@H]1O[C@@H](CO[C@@H]2O[C@H](CO)[C@H](O)[C@@H](O)[C@@H]2O)[C@H](O)[C@@H](O)[C@@H]1O. The van der Waals surface area contributed by atoms with Crippen LogP contribution in [0.2, 0.25) is 0 Å². The Kier molecular flexibility index (Phi) is 12.9. The third-order valence-corrected chi connectivity index (χ3v) is 16.3. The maximum Gasteiger partial charge on any atom is 0.331 e. The van der Waals surface area contributed by atoms with Crippen LogP contribution >= 0.6 is 0 Å². The Morgan fingerprint density at radius 3 is 2.18 bits per heavy atom. The first kappa shape index (κ1) is 45.8. The highest BCUT2D eigenvalue weighted by atomic mass is 16.8. The van der Waals surface area contributed by atoms with Crippen LogP contribution in [-0.2, 0) is 47.5 Å². The molecule has 0 amide bonds. The summed E-state index contributed by atoms with van der Waals surface area (Å²) in [6.07, 6.45) is -12.2. The van der Waals surface area contributed by atoms with Gasteiger partial charge in [0, 0.05) is 31.4 Å². The summed E-state index contributed by atoms with van der Waals surface area (Å²) in [7, 11) is 1.47. The summed E-state index contributed by atoms with van der Waals surface area (Å²) < 4.78 is 46.7. The van der Waals surface area contributed by atoms with Crippen LogP contribution in [0.1, 0.15) is 78.1 Å². The highest BCUT2D eigenvalue weighted by Crippen LogP contribution is 2.70. The van der Waals surface area contributed by atoms with E-state index in [1.54, 1.807) is 13.0 Å². The lowest BCUT2D eigenvalue weighted by Gasteiger charge is -2.65. The van der Waals surface area contributed by atoms with Crippen LogP contribution in [-0.4, -0.2) is 188 Å². The van der Waals surface area contributed by atoms with Gasteiger partial charge in [0.05, 0.1) is 48.1 Å². The van der Waals surface area contributed by atoms with Crippen molar-refractivity contribution in [2.24, 2.45) is 28.6 Å². The molecule has 0 spiro atoms. The quantitative estimate of drug-likeness (QED) is 0.0622. The zero-order chi connectivity index (χ0) is 43.8. The number of carbonyl (C=O) groups is 2. The molecule has 3 saturated heterocycles. The molecule has 61 heavy (non-hydrogen) atoms. The van der Waals surface area contributed by atoms with Gasteiger partial charge in [0.25, 0.3) is 0 Å². The molecule has 4 heterocycles. The van der Waals surface area contributed by atoms with Crippen molar-refractivity contribution in [1.82, 2.24) is 0 Å². The molecule has 0 aromatic carbocycles. The predicted octanol–water partition coefficient (Wildman–Crippen LogP) is -1.92. The fraction of sp³-hybridized carbons (Fsp3) is 0.905. The molecule has 0 unspecified atom stereocenters. The lowest BCUT2D eigenvalue weighted by Crippen LogP contribution is -2.69. The highest BCUT2D eigenvalue weighted by molar-refractivity contribution is 5.85. The van der Waals surface area contributed by atoms with Crippen molar-refractivity contribution < 1.29 is 93.4 Å². The third-order valence-electron chi connectivity index (χ3n) is 16.3. The summed E-state index contributed by atoms with van der Waals surface area (Å²) in [6.45, 7) is 2.86. The zero-order valence-corrected chi connectivity index (χ0v) is 34.8. The molecule has 0 aromatic rings. The Bertz CT molecular complexity index is 1630. The van der Waals surface area contributed by atoms with Crippen LogP contribution in [0.15, 0.2) is 11.6 Å². The molecule has 4 aliphatic heterocycles. The average molecular weight is 873 g/mol. The molecule has 0 bridgehead atoms. The molecule has 0 radical (unpaired) electrons. The summed E-state index contributed by atoms with van der Waals surface area (Å²) in [4.78, 5) is 25.3. The fourth-order valence-electron chi connectivity index (χ4n) is 12.9. The maximum absolute atomic E-state index is 13.3.